The predicted molar refractivity (Wildman–Crippen MR) is 87.2 cm³/mol. The topological polar surface area (TPSA) is 18.5 Å². The number of nitrogens with zero attached hydrogens (tertiary/aromatic N) is 2. The molecule has 1 N–H and O–H groups in total. The molecule has 3 unspecified atom stereocenters. The molecule has 1 saturated heterocycles. The van der Waals surface area contributed by atoms with Crippen LogP contribution < -0.4 is 5.32 Å². The molecule has 1 saturated carbocycles. The molecule has 1 aliphatic carbocycles. The van der Waals surface area contributed by atoms with Gasteiger partial charge in [-0.05, 0) is 45.2 Å². The van der Waals surface area contributed by atoms with Gasteiger partial charge in [0.15, 0.2) is 0 Å². The van der Waals surface area contributed by atoms with Gasteiger partial charge in [-0.1, -0.05) is 26.7 Å². The normalized spacial score (nSPS) is 33.5. The fraction of sp³-hybridized carbons (Fsp3) is 1.00. The SMILES string of the molecule is CCCNC1CCCCC1CN1CCN(CC)C(C)C1. The highest BCUT2D eigenvalue weighted by molar-refractivity contribution is 4.86. The first-order valence-corrected chi connectivity index (χ1v) is 8.94. The maximum absolute atomic E-state index is 3.81. The Morgan fingerprint density at radius 2 is 1.90 bits per heavy atom. The van der Waals surface area contributed by atoms with Gasteiger partial charge in [0.05, 0.1) is 0 Å². The van der Waals surface area contributed by atoms with Crippen molar-refractivity contribution in [3.05, 3.63) is 0 Å². The molecule has 0 aromatic heterocycles. The van der Waals surface area contributed by atoms with E-state index in [0.29, 0.717) is 0 Å². The van der Waals surface area contributed by atoms with E-state index >= 15 is 0 Å². The molecule has 0 amide bonds. The Morgan fingerprint density at radius 3 is 2.60 bits per heavy atom. The van der Waals surface area contributed by atoms with E-state index in [2.05, 4.69) is 35.9 Å². The molecule has 3 atom stereocenters. The maximum atomic E-state index is 3.81. The Labute approximate surface area is 126 Å². The average molecular weight is 281 g/mol. The summed E-state index contributed by atoms with van der Waals surface area (Å²) in [5.74, 6) is 0.885. The fourth-order valence-electron chi connectivity index (χ4n) is 4.06. The van der Waals surface area contributed by atoms with Gasteiger partial charge >= 0.3 is 0 Å². The average Bonchev–Trinajstić information content (AvgIpc) is 2.46. The van der Waals surface area contributed by atoms with Gasteiger partial charge in [0.2, 0.25) is 0 Å². The standard InChI is InChI=1S/C17H35N3/c1-4-10-18-17-9-7-6-8-16(17)14-19-11-12-20(5-2)15(3)13-19/h15-18H,4-14H2,1-3H3. The van der Waals surface area contributed by atoms with E-state index in [9.17, 15) is 0 Å². The van der Waals surface area contributed by atoms with Gasteiger partial charge in [0.1, 0.15) is 0 Å². The second kappa shape index (κ2) is 8.35. The molecule has 2 fully saturated rings. The molecule has 0 radical (unpaired) electrons. The van der Waals surface area contributed by atoms with Crippen LogP contribution in [0.2, 0.25) is 0 Å². The monoisotopic (exact) mass is 281 g/mol. The summed E-state index contributed by atoms with van der Waals surface area (Å²) in [6.07, 6.45) is 6.96. The lowest BCUT2D eigenvalue weighted by atomic mass is 9.84. The maximum Gasteiger partial charge on any atom is 0.0195 e. The Balaban J connectivity index is 1.81. The Hall–Kier alpha value is -0.120. The van der Waals surface area contributed by atoms with Gasteiger partial charge in [-0.3, -0.25) is 4.90 Å². The number of nitrogens with one attached hydrogen (secondary N) is 1. The van der Waals surface area contributed by atoms with Crippen LogP contribution >= 0.6 is 0 Å². The van der Waals surface area contributed by atoms with E-state index in [1.54, 1.807) is 0 Å². The third-order valence-electron chi connectivity index (χ3n) is 5.31. The third kappa shape index (κ3) is 4.44. The third-order valence-corrected chi connectivity index (χ3v) is 5.31. The van der Waals surface area contributed by atoms with Crippen molar-refractivity contribution in [1.29, 1.82) is 0 Å². The van der Waals surface area contributed by atoms with Crippen LogP contribution in [0, 0.1) is 5.92 Å². The Morgan fingerprint density at radius 1 is 1.10 bits per heavy atom. The zero-order chi connectivity index (χ0) is 14.4. The number of hydrogen-bond acceptors (Lipinski definition) is 3. The highest BCUT2D eigenvalue weighted by Gasteiger charge is 2.29. The number of likely N-dealkylation sites (N-methyl/N-ethyl adjacent to an activating group) is 1. The van der Waals surface area contributed by atoms with E-state index < -0.39 is 0 Å². The van der Waals surface area contributed by atoms with Gasteiger partial charge in [-0.2, -0.15) is 0 Å². The summed E-state index contributed by atoms with van der Waals surface area (Å²) < 4.78 is 0. The van der Waals surface area contributed by atoms with Crippen LogP contribution in [-0.4, -0.2) is 61.2 Å². The zero-order valence-corrected chi connectivity index (χ0v) is 13.9. The van der Waals surface area contributed by atoms with Crippen molar-refractivity contribution in [2.45, 2.75) is 65.0 Å². The van der Waals surface area contributed by atoms with Crippen LogP contribution in [0.4, 0.5) is 0 Å². The van der Waals surface area contributed by atoms with Crippen LogP contribution in [0.15, 0.2) is 0 Å². The molecule has 2 rings (SSSR count). The van der Waals surface area contributed by atoms with Crippen molar-refractivity contribution >= 4 is 0 Å². The first-order chi connectivity index (χ1) is 9.74. The molecule has 3 heteroatoms. The van der Waals surface area contributed by atoms with Crippen molar-refractivity contribution in [3.8, 4) is 0 Å². The van der Waals surface area contributed by atoms with Crippen molar-refractivity contribution in [2.24, 2.45) is 5.92 Å². The van der Waals surface area contributed by atoms with Crippen molar-refractivity contribution < 1.29 is 0 Å². The van der Waals surface area contributed by atoms with Crippen molar-refractivity contribution in [3.63, 3.8) is 0 Å². The van der Waals surface area contributed by atoms with E-state index in [1.165, 1.54) is 71.4 Å². The molecule has 1 heterocycles. The van der Waals surface area contributed by atoms with Gasteiger partial charge in [0, 0.05) is 38.3 Å². The lowest BCUT2D eigenvalue weighted by Crippen LogP contribution is -2.54. The summed E-state index contributed by atoms with van der Waals surface area (Å²) in [4.78, 5) is 5.34. The van der Waals surface area contributed by atoms with Crippen LogP contribution in [0.1, 0.15) is 52.9 Å². The Bertz CT molecular complexity index is 269. The highest BCUT2D eigenvalue weighted by atomic mass is 15.3. The minimum Gasteiger partial charge on any atom is -0.314 e. The molecule has 20 heavy (non-hydrogen) atoms. The summed E-state index contributed by atoms with van der Waals surface area (Å²) in [6.45, 7) is 14.5. The van der Waals surface area contributed by atoms with Crippen LogP contribution in [0.25, 0.3) is 0 Å². The second-order valence-electron chi connectivity index (χ2n) is 6.84. The van der Waals surface area contributed by atoms with Gasteiger partial charge in [-0.25, -0.2) is 0 Å². The first kappa shape index (κ1) is 16.3. The molecule has 3 nitrogen and oxygen atoms in total. The Kier molecular flexibility index (Phi) is 6.79. The smallest absolute Gasteiger partial charge is 0.0195 e. The first-order valence-electron chi connectivity index (χ1n) is 8.94. The van der Waals surface area contributed by atoms with Gasteiger partial charge in [-0.15, -0.1) is 0 Å². The van der Waals surface area contributed by atoms with E-state index in [-0.39, 0.29) is 0 Å². The molecular weight excluding hydrogens is 246 g/mol. The number of piperazine rings is 1. The molecule has 118 valence electrons. The summed E-state index contributed by atoms with van der Waals surface area (Å²) in [5.41, 5.74) is 0. The molecule has 0 aromatic carbocycles. The number of rotatable bonds is 6. The zero-order valence-electron chi connectivity index (χ0n) is 13.9. The lowest BCUT2D eigenvalue weighted by Gasteiger charge is -2.42. The van der Waals surface area contributed by atoms with E-state index in [4.69, 9.17) is 0 Å². The van der Waals surface area contributed by atoms with Gasteiger partial charge in [0.25, 0.3) is 0 Å². The molecular formula is C17H35N3. The minimum atomic E-state index is 0.736. The quantitative estimate of drug-likeness (QED) is 0.807. The molecule has 0 spiro atoms. The molecule has 0 aromatic rings. The molecule has 1 aliphatic heterocycles. The summed E-state index contributed by atoms with van der Waals surface area (Å²) >= 11 is 0. The lowest BCUT2D eigenvalue weighted by molar-refractivity contribution is 0.0656. The largest absolute Gasteiger partial charge is 0.314 e. The summed E-state index contributed by atoms with van der Waals surface area (Å²) in [7, 11) is 0. The fourth-order valence-corrected chi connectivity index (χ4v) is 4.06. The van der Waals surface area contributed by atoms with Gasteiger partial charge < -0.3 is 10.2 Å². The highest BCUT2D eigenvalue weighted by Crippen LogP contribution is 2.26. The summed E-state index contributed by atoms with van der Waals surface area (Å²) in [5, 5.41) is 3.81. The minimum absolute atomic E-state index is 0.736. The van der Waals surface area contributed by atoms with E-state index in [0.717, 1.165) is 18.0 Å². The van der Waals surface area contributed by atoms with Crippen molar-refractivity contribution in [2.75, 3.05) is 39.3 Å². The van der Waals surface area contributed by atoms with Crippen LogP contribution in [0.3, 0.4) is 0 Å². The summed E-state index contributed by atoms with van der Waals surface area (Å²) in [6, 6.07) is 1.52. The molecule has 0 bridgehead atoms. The predicted octanol–water partition coefficient (Wildman–Crippen LogP) is 2.57. The van der Waals surface area contributed by atoms with Crippen molar-refractivity contribution in [1.82, 2.24) is 15.1 Å². The van der Waals surface area contributed by atoms with Crippen LogP contribution in [0.5, 0.6) is 0 Å². The molecule has 2 aliphatic rings. The number of hydrogen-bond donors (Lipinski definition) is 1. The van der Waals surface area contributed by atoms with E-state index in [1.807, 2.05) is 0 Å². The second-order valence-corrected chi connectivity index (χ2v) is 6.84. The van der Waals surface area contributed by atoms with Crippen LogP contribution in [-0.2, 0) is 0 Å².